The number of rotatable bonds is 11. The smallest absolute Gasteiger partial charge is 0.305 e. The molecule has 0 aliphatic carbocycles. The molecule has 0 bridgehead atoms. The molecule has 2 amide bonds. The molecule has 4 N–H and O–H groups in total. The highest BCUT2D eigenvalue weighted by molar-refractivity contribution is 8.69. The summed E-state index contributed by atoms with van der Waals surface area (Å²) in [6, 6.07) is 0. The fraction of sp³-hybridized carbons (Fsp3) is 0.842. The van der Waals surface area contributed by atoms with Crippen molar-refractivity contribution >= 4 is 40.2 Å². The molecule has 0 rings (SSSR count). The van der Waals surface area contributed by atoms with Gasteiger partial charge >= 0.3 is 5.97 Å². The predicted octanol–water partition coefficient (Wildman–Crippen LogP) is 2.88. The van der Waals surface area contributed by atoms with Crippen LogP contribution in [0.1, 0.15) is 67.7 Å². The average molecular weight is 439 g/mol. The third-order valence-electron chi connectivity index (χ3n) is 3.75. The zero-order chi connectivity index (χ0) is 22.5. The average Bonchev–Trinajstić information content (AvgIpc) is 2.50. The maximum atomic E-state index is 12.4. The number of hydrogen-bond acceptors (Lipinski definition) is 6. The van der Waals surface area contributed by atoms with Crippen LogP contribution in [0.25, 0.3) is 0 Å². The van der Waals surface area contributed by atoms with Crippen LogP contribution in [-0.4, -0.2) is 51.9 Å². The van der Waals surface area contributed by atoms with E-state index in [9.17, 15) is 14.4 Å². The van der Waals surface area contributed by atoms with E-state index in [1.54, 1.807) is 6.92 Å². The third kappa shape index (κ3) is 14.1. The van der Waals surface area contributed by atoms with Crippen LogP contribution in [0.5, 0.6) is 0 Å². The highest BCUT2D eigenvalue weighted by Crippen LogP contribution is 2.29. The van der Waals surface area contributed by atoms with Gasteiger partial charge in [-0.25, -0.2) is 0 Å². The summed E-state index contributed by atoms with van der Waals surface area (Å²) < 4.78 is 0. The van der Waals surface area contributed by atoms with E-state index in [0.29, 0.717) is 18.9 Å². The van der Waals surface area contributed by atoms with Gasteiger partial charge in [-0.2, -0.15) is 0 Å². The topological polar surface area (TPSA) is 116 Å². The van der Waals surface area contributed by atoms with Crippen LogP contribution in [0.3, 0.4) is 0 Å². The molecule has 1 unspecified atom stereocenters. The zero-order valence-electron chi connectivity index (χ0n) is 18.2. The Hall–Kier alpha value is -0.930. The molecule has 0 saturated carbocycles. The van der Waals surface area contributed by atoms with E-state index >= 15 is 0 Å². The number of hydrogen-bond donors (Lipinski definition) is 5. The first kappa shape index (κ1) is 29.3. The van der Waals surface area contributed by atoms with Gasteiger partial charge in [-0.3, -0.25) is 14.4 Å². The summed E-state index contributed by atoms with van der Waals surface area (Å²) in [7, 11) is 0.907. The van der Waals surface area contributed by atoms with Crippen molar-refractivity contribution in [2.24, 2.45) is 11.3 Å². The Labute approximate surface area is 178 Å². The predicted molar refractivity (Wildman–Crippen MR) is 118 cm³/mol. The molecule has 0 heterocycles. The normalized spacial score (nSPS) is 12.6. The minimum absolute atomic E-state index is 0.0545. The molecule has 9 heteroatoms. The van der Waals surface area contributed by atoms with Crippen LogP contribution in [0.2, 0.25) is 0 Å². The van der Waals surface area contributed by atoms with Gasteiger partial charge in [0.05, 0.1) is 6.42 Å². The molecule has 0 aromatic rings. The number of carbonyl (C=O) groups excluding carboxylic acids is 2. The fourth-order valence-electron chi connectivity index (χ4n) is 2.69. The Morgan fingerprint density at radius 2 is 1.64 bits per heavy atom. The van der Waals surface area contributed by atoms with Crippen LogP contribution < -0.4 is 10.6 Å². The van der Waals surface area contributed by atoms with E-state index < -0.39 is 22.2 Å². The van der Waals surface area contributed by atoms with Gasteiger partial charge in [-0.15, -0.1) is 11.7 Å². The molecule has 0 spiro atoms. The first-order chi connectivity index (χ1) is 12.7. The van der Waals surface area contributed by atoms with Gasteiger partial charge in [-0.1, -0.05) is 38.5 Å². The van der Waals surface area contributed by atoms with E-state index in [2.05, 4.69) is 36.1 Å². The minimum atomic E-state index is -1.05. The quantitative estimate of drug-likeness (QED) is 0.250. The summed E-state index contributed by atoms with van der Waals surface area (Å²) in [4.78, 5) is 35.5. The largest absolute Gasteiger partial charge is 0.481 e. The maximum absolute atomic E-state index is 12.4. The lowest BCUT2D eigenvalue weighted by Crippen LogP contribution is -2.52. The van der Waals surface area contributed by atoms with Gasteiger partial charge in [0.15, 0.2) is 0 Å². The van der Waals surface area contributed by atoms with Gasteiger partial charge in [-0.05, 0) is 39.5 Å². The van der Waals surface area contributed by atoms with Crippen molar-refractivity contribution in [2.45, 2.75) is 78.5 Å². The summed E-state index contributed by atoms with van der Waals surface area (Å²) in [6.07, 6.45) is 1.05. The summed E-state index contributed by atoms with van der Waals surface area (Å²) in [5, 5.41) is 21.4. The Kier molecular flexibility index (Phi) is 14.8. The van der Waals surface area contributed by atoms with E-state index in [0.717, 1.165) is 17.2 Å². The third-order valence-corrected chi connectivity index (χ3v) is 5.15. The second-order valence-electron chi connectivity index (χ2n) is 8.38. The summed E-state index contributed by atoms with van der Waals surface area (Å²) in [6.45, 7) is 14.1. The number of aliphatic hydroxyl groups excluding tert-OH is 1. The van der Waals surface area contributed by atoms with Crippen LogP contribution in [0.4, 0.5) is 0 Å². The Balaban J connectivity index is 0. The van der Waals surface area contributed by atoms with Crippen LogP contribution >= 0.6 is 22.5 Å². The van der Waals surface area contributed by atoms with E-state index in [4.69, 9.17) is 10.2 Å². The standard InChI is InChI=1S/C17H32N2O4S2.C2H6O/c1-11(2)7-8-18-15(23)16(3,4)10-17(5,6)19-14(22)12(25-24)9-13(20)21;1-2-3/h11-12,24H,7-10H2,1-6H3,(H,18,23)(H,19,22)(H,20,21);3H,2H2,1H3. The van der Waals surface area contributed by atoms with Crippen molar-refractivity contribution in [1.82, 2.24) is 10.6 Å². The molecular weight excluding hydrogens is 400 g/mol. The molecule has 28 heavy (non-hydrogen) atoms. The molecule has 1 atom stereocenters. The number of carbonyl (C=O) groups is 3. The number of nitrogens with one attached hydrogen (secondary N) is 2. The van der Waals surface area contributed by atoms with Crippen molar-refractivity contribution < 1.29 is 24.6 Å². The SMILES string of the molecule is CC(C)CCNC(=O)C(C)(C)CC(C)(C)NC(=O)C(CC(=O)O)SS.CCO. The Morgan fingerprint density at radius 1 is 1.14 bits per heavy atom. The number of aliphatic carboxylic acids is 1. The Bertz CT molecular complexity index is 497. The molecular formula is C19H38N2O5S2. The lowest BCUT2D eigenvalue weighted by Gasteiger charge is -2.35. The van der Waals surface area contributed by atoms with Crippen LogP contribution in [0, 0.1) is 11.3 Å². The molecule has 0 aromatic carbocycles. The molecule has 0 aromatic heterocycles. The molecule has 0 aliphatic heterocycles. The van der Waals surface area contributed by atoms with Crippen molar-refractivity contribution in [3.63, 3.8) is 0 Å². The minimum Gasteiger partial charge on any atom is -0.481 e. The molecule has 0 aliphatic rings. The lowest BCUT2D eigenvalue weighted by atomic mass is 9.79. The summed E-state index contributed by atoms with van der Waals surface area (Å²) in [5.74, 6) is -0.974. The van der Waals surface area contributed by atoms with Gasteiger partial charge < -0.3 is 20.8 Å². The van der Waals surface area contributed by atoms with E-state index in [1.165, 1.54) is 0 Å². The van der Waals surface area contributed by atoms with Crippen LogP contribution in [-0.2, 0) is 14.4 Å². The molecule has 0 radical (unpaired) electrons. The molecule has 0 fully saturated rings. The van der Waals surface area contributed by atoms with E-state index in [1.807, 2.05) is 27.7 Å². The van der Waals surface area contributed by atoms with E-state index in [-0.39, 0.29) is 24.8 Å². The van der Waals surface area contributed by atoms with Gasteiger partial charge in [0.25, 0.3) is 0 Å². The van der Waals surface area contributed by atoms with Gasteiger partial charge in [0.1, 0.15) is 5.25 Å². The van der Waals surface area contributed by atoms with Crippen molar-refractivity contribution in [3.8, 4) is 0 Å². The lowest BCUT2D eigenvalue weighted by molar-refractivity contribution is -0.138. The van der Waals surface area contributed by atoms with Crippen LogP contribution in [0.15, 0.2) is 0 Å². The second kappa shape index (κ2) is 14.1. The second-order valence-corrected chi connectivity index (χ2v) is 9.79. The number of aliphatic hydroxyl groups is 1. The first-order valence-electron chi connectivity index (χ1n) is 9.45. The number of amides is 2. The first-order valence-corrected chi connectivity index (χ1v) is 11.4. The number of thiol groups is 1. The van der Waals surface area contributed by atoms with Gasteiger partial charge in [0.2, 0.25) is 11.8 Å². The molecule has 7 nitrogen and oxygen atoms in total. The fourth-order valence-corrected chi connectivity index (χ4v) is 3.58. The summed E-state index contributed by atoms with van der Waals surface area (Å²) in [5.41, 5.74) is -1.32. The zero-order valence-corrected chi connectivity index (χ0v) is 19.9. The monoisotopic (exact) mass is 438 g/mol. The maximum Gasteiger partial charge on any atom is 0.305 e. The van der Waals surface area contributed by atoms with Crippen molar-refractivity contribution in [1.29, 1.82) is 0 Å². The van der Waals surface area contributed by atoms with Gasteiger partial charge in [0, 0.05) is 24.1 Å². The molecule has 0 saturated heterocycles. The number of carboxylic acid groups (broad SMARTS) is 1. The highest BCUT2D eigenvalue weighted by Gasteiger charge is 2.36. The molecule has 166 valence electrons. The van der Waals surface area contributed by atoms with Crippen molar-refractivity contribution in [2.75, 3.05) is 13.2 Å². The number of carboxylic acids is 1. The Morgan fingerprint density at radius 3 is 2.04 bits per heavy atom. The summed E-state index contributed by atoms with van der Waals surface area (Å²) >= 11 is 3.98. The highest BCUT2D eigenvalue weighted by atomic mass is 33.1. The van der Waals surface area contributed by atoms with Crippen molar-refractivity contribution in [3.05, 3.63) is 0 Å².